The van der Waals surface area contributed by atoms with E-state index in [0.717, 1.165) is 100 Å². The molecule has 2 aliphatic carbocycles. The molecule has 0 amide bonds. The first-order valence-corrected chi connectivity index (χ1v) is 19.0. The van der Waals surface area contributed by atoms with Gasteiger partial charge in [0.05, 0.1) is 11.6 Å². The number of aromatic nitrogens is 1. The zero-order valence-electron chi connectivity index (χ0n) is 32.0. The highest BCUT2D eigenvalue weighted by Crippen LogP contribution is 2.40. The number of ketones is 1. The fourth-order valence-electron chi connectivity index (χ4n) is 8.09. The molecule has 54 heavy (non-hydrogen) atoms. The molecule has 6 nitrogen and oxygen atoms in total. The minimum Gasteiger partial charge on any atom is -0.364 e. The molecule has 0 radical (unpaired) electrons. The Kier molecular flexibility index (Phi) is 11.8. The SMILES string of the molecule is CCCCC(CC)Cn1c2ccc(/C(=N\OC(C)=O)C3=CCC(OCC(F)(F)F)C=C3)cc2c2cc(C(=O)c3c(C)cc(C)cc3C)c3c(c21)C=CCC3. The van der Waals surface area contributed by atoms with Gasteiger partial charge in [-0.2, -0.15) is 13.2 Å². The van der Waals surface area contributed by atoms with Crippen molar-refractivity contribution in [3.05, 3.63) is 111 Å². The molecular weight excluding hydrogens is 689 g/mol. The highest BCUT2D eigenvalue weighted by Gasteiger charge is 2.30. The summed E-state index contributed by atoms with van der Waals surface area (Å²) in [6.07, 6.45) is 10.4. The van der Waals surface area contributed by atoms with Gasteiger partial charge >= 0.3 is 12.1 Å². The van der Waals surface area contributed by atoms with Crippen molar-refractivity contribution in [1.29, 1.82) is 0 Å². The second-order valence-corrected chi connectivity index (χ2v) is 14.8. The normalized spacial score (nSPS) is 16.5. The molecule has 2 atom stereocenters. The van der Waals surface area contributed by atoms with E-state index in [4.69, 9.17) is 9.57 Å². The van der Waals surface area contributed by atoms with Gasteiger partial charge in [0, 0.05) is 57.6 Å². The standard InChI is InChI=1S/C45H49F3N2O4/c1-7-9-12-31(8-2)25-50-40-20-17-33(42(49-54-30(6)51)32-15-18-34(19-16-32)53-26-45(46,47)48)23-37(40)38-24-39(35-13-10-11-14-36(35)43(38)50)44(52)41-28(4)21-27(3)22-29(41)5/h11,14-18,20-24,31,34H,7-10,12-13,19,25-26H2,1-6H3/b49-42-. The second kappa shape index (κ2) is 16.3. The summed E-state index contributed by atoms with van der Waals surface area (Å²) in [6, 6.07) is 12.2. The van der Waals surface area contributed by atoms with Gasteiger partial charge in [0.25, 0.3) is 0 Å². The number of rotatable bonds is 13. The van der Waals surface area contributed by atoms with E-state index in [1.165, 1.54) is 6.92 Å². The minimum atomic E-state index is -4.43. The van der Waals surface area contributed by atoms with Crippen LogP contribution in [0.4, 0.5) is 13.2 Å². The molecule has 0 saturated heterocycles. The van der Waals surface area contributed by atoms with Crippen LogP contribution in [0.5, 0.6) is 0 Å². The number of alkyl halides is 3. The van der Waals surface area contributed by atoms with E-state index in [0.29, 0.717) is 28.3 Å². The van der Waals surface area contributed by atoms with Crippen molar-refractivity contribution in [2.45, 2.75) is 105 Å². The van der Waals surface area contributed by atoms with Crippen LogP contribution in [0.1, 0.15) is 109 Å². The van der Waals surface area contributed by atoms with Gasteiger partial charge in [0.15, 0.2) is 5.78 Å². The van der Waals surface area contributed by atoms with E-state index in [1.807, 2.05) is 32.9 Å². The van der Waals surface area contributed by atoms with Crippen molar-refractivity contribution in [1.82, 2.24) is 4.57 Å². The highest BCUT2D eigenvalue weighted by molar-refractivity contribution is 6.21. The van der Waals surface area contributed by atoms with Gasteiger partial charge in [0.1, 0.15) is 12.3 Å². The summed E-state index contributed by atoms with van der Waals surface area (Å²) in [7, 11) is 0. The molecule has 0 bridgehead atoms. The number of ether oxygens (including phenoxy) is 1. The van der Waals surface area contributed by atoms with E-state index < -0.39 is 24.9 Å². The molecule has 0 N–H and O–H groups in total. The van der Waals surface area contributed by atoms with Crippen molar-refractivity contribution in [3.63, 3.8) is 0 Å². The molecule has 9 heteroatoms. The third-order valence-corrected chi connectivity index (χ3v) is 10.6. The van der Waals surface area contributed by atoms with Crippen LogP contribution in [-0.2, 0) is 27.3 Å². The van der Waals surface area contributed by atoms with Crippen molar-refractivity contribution >= 4 is 45.3 Å². The van der Waals surface area contributed by atoms with Crippen LogP contribution in [0.15, 0.2) is 71.4 Å². The molecule has 0 aliphatic heterocycles. The number of fused-ring (bicyclic) bond motifs is 5. The number of allylic oxidation sites excluding steroid dienone is 3. The number of nitrogens with zero attached hydrogens (tertiary/aromatic N) is 2. The Morgan fingerprint density at radius 1 is 1.02 bits per heavy atom. The van der Waals surface area contributed by atoms with Crippen molar-refractivity contribution in [2.75, 3.05) is 6.61 Å². The summed E-state index contributed by atoms with van der Waals surface area (Å²) in [6.45, 7) is 11.2. The van der Waals surface area contributed by atoms with Crippen LogP contribution in [-0.4, -0.2) is 40.9 Å². The Hall–Kier alpha value is -4.76. The van der Waals surface area contributed by atoms with Crippen LogP contribution in [0.3, 0.4) is 0 Å². The summed E-state index contributed by atoms with van der Waals surface area (Å²) in [5, 5.41) is 6.14. The largest absolute Gasteiger partial charge is 0.411 e. The third-order valence-electron chi connectivity index (χ3n) is 10.6. The maximum atomic E-state index is 14.7. The Morgan fingerprint density at radius 3 is 2.43 bits per heavy atom. The monoisotopic (exact) mass is 738 g/mol. The second-order valence-electron chi connectivity index (χ2n) is 14.8. The van der Waals surface area contributed by atoms with Gasteiger partial charge in [-0.25, -0.2) is 4.79 Å². The lowest BCUT2D eigenvalue weighted by Crippen LogP contribution is -2.23. The Morgan fingerprint density at radius 2 is 1.78 bits per heavy atom. The lowest BCUT2D eigenvalue weighted by molar-refractivity contribution is -0.180. The Bertz CT molecular complexity index is 2200. The van der Waals surface area contributed by atoms with Crippen molar-refractivity contribution in [2.24, 2.45) is 11.1 Å². The van der Waals surface area contributed by atoms with E-state index in [2.05, 4.69) is 60.0 Å². The molecule has 1 heterocycles. The zero-order chi connectivity index (χ0) is 38.7. The number of halogens is 3. The van der Waals surface area contributed by atoms with Crippen LogP contribution < -0.4 is 0 Å². The van der Waals surface area contributed by atoms with Gasteiger partial charge in [-0.3, -0.25) is 4.79 Å². The number of hydrogen-bond acceptors (Lipinski definition) is 5. The predicted molar refractivity (Wildman–Crippen MR) is 210 cm³/mol. The quantitative estimate of drug-likeness (QED) is 0.0593. The average Bonchev–Trinajstić information content (AvgIpc) is 3.44. The summed E-state index contributed by atoms with van der Waals surface area (Å²) in [4.78, 5) is 31.8. The first-order valence-electron chi connectivity index (χ1n) is 19.0. The fourth-order valence-corrected chi connectivity index (χ4v) is 8.09. The lowest BCUT2D eigenvalue weighted by atomic mass is 9.84. The van der Waals surface area contributed by atoms with Crippen molar-refractivity contribution in [3.8, 4) is 0 Å². The van der Waals surface area contributed by atoms with Gasteiger partial charge in [-0.1, -0.05) is 92.4 Å². The minimum absolute atomic E-state index is 0.0155. The highest BCUT2D eigenvalue weighted by atomic mass is 19.4. The number of aryl methyl sites for hydroxylation is 3. The molecular formula is C45H49F3N2O4. The molecule has 3 aromatic carbocycles. The fraction of sp³-hybridized carbons (Fsp3) is 0.400. The predicted octanol–water partition coefficient (Wildman–Crippen LogP) is 11.2. The third kappa shape index (κ3) is 8.31. The molecule has 2 unspecified atom stereocenters. The first kappa shape index (κ1) is 38.9. The van der Waals surface area contributed by atoms with E-state index in [1.54, 1.807) is 18.2 Å². The number of hydrogen-bond donors (Lipinski definition) is 0. The van der Waals surface area contributed by atoms with E-state index in [9.17, 15) is 22.8 Å². The van der Waals surface area contributed by atoms with Gasteiger partial charge < -0.3 is 14.1 Å². The Labute approximate surface area is 315 Å². The number of carbonyl (C=O) groups is 2. The van der Waals surface area contributed by atoms with E-state index >= 15 is 0 Å². The van der Waals surface area contributed by atoms with Gasteiger partial charge in [-0.15, -0.1) is 0 Å². The Balaban J connectivity index is 1.56. The van der Waals surface area contributed by atoms with Crippen LogP contribution in [0.25, 0.3) is 27.9 Å². The summed E-state index contributed by atoms with van der Waals surface area (Å²) in [5.41, 5.74) is 10.3. The number of unbranched alkanes of at least 4 members (excludes halogenated alkanes) is 1. The van der Waals surface area contributed by atoms with Crippen LogP contribution in [0.2, 0.25) is 0 Å². The topological polar surface area (TPSA) is 69.9 Å². The summed E-state index contributed by atoms with van der Waals surface area (Å²) in [5.74, 6) is -0.128. The van der Waals surface area contributed by atoms with Crippen molar-refractivity contribution < 1.29 is 32.3 Å². The molecule has 6 rings (SSSR count). The van der Waals surface area contributed by atoms with Gasteiger partial charge in [0.2, 0.25) is 0 Å². The smallest absolute Gasteiger partial charge is 0.364 e. The average molecular weight is 739 g/mol. The van der Waals surface area contributed by atoms with Gasteiger partial charge in [-0.05, 0) is 87.3 Å². The summed E-state index contributed by atoms with van der Waals surface area (Å²) >= 11 is 0. The molecule has 0 fully saturated rings. The zero-order valence-corrected chi connectivity index (χ0v) is 32.0. The maximum Gasteiger partial charge on any atom is 0.411 e. The van der Waals surface area contributed by atoms with Crippen LogP contribution in [0, 0.1) is 26.7 Å². The molecule has 0 saturated carbocycles. The number of oxime groups is 1. The molecule has 1 aromatic heterocycles. The number of benzene rings is 3. The maximum absolute atomic E-state index is 14.7. The molecule has 2 aliphatic rings. The van der Waals surface area contributed by atoms with E-state index in [-0.39, 0.29) is 12.2 Å². The lowest BCUT2D eigenvalue weighted by Gasteiger charge is -2.22. The molecule has 4 aromatic rings. The van der Waals surface area contributed by atoms with Crippen LogP contribution >= 0.6 is 0 Å². The number of carbonyl (C=O) groups excluding carboxylic acids is 2. The summed E-state index contributed by atoms with van der Waals surface area (Å²) < 4.78 is 46.0. The molecule has 284 valence electrons. The molecule has 0 spiro atoms. The first-order chi connectivity index (χ1) is 25.8.